The molecule has 0 bridgehead atoms. The molecular weight excluding hydrogens is 392 g/mol. The minimum atomic E-state index is -0.103. The van der Waals surface area contributed by atoms with Crippen molar-refractivity contribution in [3.05, 3.63) is 31.8 Å². The van der Waals surface area contributed by atoms with Crippen molar-refractivity contribution in [2.24, 2.45) is 0 Å². The van der Waals surface area contributed by atoms with Crippen LogP contribution in [0.5, 0.6) is 0 Å². The number of carbonyl (C=O) groups is 1. The molecule has 1 aromatic rings. The summed E-state index contributed by atoms with van der Waals surface area (Å²) in [4.78, 5) is 11.8. The molecule has 1 N–H and O–H groups in total. The lowest BCUT2D eigenvalue weighted by Crippen LogP contribution is -2.33. The Bertz CT molecular complexity index is 372. The molecular formula is C10H10BrClINO. The van der Waals surface area contributed by atoms with Crippen LogP contribution in [0.3, 0.4) is 0 Å². The number of benzene rings is 1. The number of halogens is 3. The van der Waals surface area contributed by atoms with Crippen LogP contribution in [0, 0.1) is 3.57 Å². The number of rotatable bonds is 3. The fourth-order valence-corrected chi connectivity index (χ4v) is 2.01. The number of hydrogen-bond donors (Lipinski definition) is 1. The van der Waals surface area contributed by atoms with E-state index in [2.05, 4.69) is 43.8 Å². The maximum absolute atomic E-state index is 11.8. The number of nitrogens with one attached hydrogen (secondary N) is 1. The van der Waals surface area contributed by atoms with E-state index in [1.54, 1.807) is 0 Å². The average Bonchev–Trinajstić information content (AvgIpc) is 2.21. The summed E-state index contributed by atoms with van der Waals surface area (Å²) in [6.07, 6.45) is 0. The van der Waals surface area contributed by atoms with Gasteiger partial charge in [0.1, 0.15) is 0 Å². The Morgan fingerprint density at radius 1 is 1.67 bits per heavy atom. The Kier molecular flexibility index (Phi) is 5.35. The standard InChI is InChI=1S/C10H10BrClINO/c1-6(5-12)14-10(15)8-4-7(13)2-3-9(8)11/h2-4,6H,5H2,1H3,(H,14,15). The van der Waals surface area contributed by atoms with Gasteiger partial charge in [0.15, 0.2) is 0 Å². The highest BCUT2D eigenvalue weighted by Crippen LogP contribution is 2.19. The molecule has 1 amide bonds. The van der Waals surface area contributed by atoms with Gasteiger partial charge in [-0.15, -0.1) is 11.6 Å². The molecule has 0 saturated carbocycles. The van der Waals surface area contributed by atoms with Gasteiger partial charge < -0.3 is 5.32 Å². The van der Waals surface area contributed by atoms with Crippen molar-refractivity contribution in [3.63, 3.8) is 0 Å². The predicted octanol–water partition coefficient (Wildman–Crippen LogP) is 3.41. The van der Waals surface area contributed by atoms with Crippen molar-refractivity contribution >= 4 is 56.0 Å². The molecule has 0 spiro atoms. The molecule has 1 rings (SSSR count). The van der Waals surface area contributed by atoms with Crippen molar-refractivity contribution in [3.8, 4) is 0 Å². The molecule has 0 aromatic heterocycles. The summed E-state index contributed by atoms with van der Waals surface area (Å²) >= 11 is 11.1. The largest absolute Gasteiger partial charge is 0.348 e. The van der Waals surface area contributed by atoms with Crippen LogP contribution >= 0.6 is 50.1 Å². The maximum atomic E-state index is 11.8. The molecule has 82 valence electrons. The Morgan fingerprint density at radius 2 is 2.33 bits per heavy atom. The van der Waals surface area contributed by atoms with Crippen LogP contribution in [0.4, 0.5) is 0 Å². The highest BCUT2D eigenvalue weighted by molar-refractivity contribution is 14.1. The topological polar surface area (TPSA) is 29.1 Å². The zero-order valence-corrected chi connectivity index (χ0v) is 12.6. The van der Waals surface area contributed by atoms with E-state index in [1.165, 1.54) is 0 Å². The minimum absolute atomic E-state index is 0.0241. The molecule has 1 atom stereocenters. The van der Waals surface area contributed by atoms with E-state index < -0.39 is 0 Å². The SMILES string of the molecule is CC(CCl)NC(=O)c1cc(I)ccc1Br. The van der Waals surface area contributed by atoms with Gasteiger partial charge in [-0.2, -0.15) is 0 Å². The molecule has 0 radical (unpaired) electrons. The summed E-state index contributed by atoms with van der Waals surface area (Å²) in [5, 5.41) is 2.81. The molecule has 2 nitrogen and oxygen atoms in total. The summed E-state index contributed by atoms with van der Waals surface area (Å²) in [7, 11) is 0. The average molecular weight is 402 g/mol. The molecule has 0 aliphatic heterocycles. The third kappa shape index (κ3) is 3.92. The van der Waals surface area contributed by atoms with Crippen molar-refractivity contribution in [2.75, 3.05) is 5.88 Å². The molecule has 15 heavy (non-hydrogen) atoms. The minimum Gasteiger partial charge on any atom is -0.348 e. The van der Waals surface area contributed by atoms with E-state index in [0.29, 0.717) is 11.4 Å². The lowest BCUT2D eigenvalue weighted by Gasteiger charge is -2.11. The molecule has 0 heterocycles. The van der Waals surface area contributed by atoms with Crippen molar-refractivity contribution in [1.82, 2.24) is 5.32 Å². The molecule has 1 aromatic carbocycles. The van der Waals surface area contributed by atoms with Crippen LogP contribution in [-0.2, 0) is 0 Å². The highest BCUT2D eigenvalue weighted by atomic mass is 127. The third-order valence-corrected chi connectivity index (χ3v) is 3.61. The van der Waals surface area contributed by atoms with Crippen LogP contribution < -0.4 is 5.32 Å². The first-order valence-electron chi connectivity index (χ1n) is 4.36. The molecule has 0 aliphatic rings. The Balaban J connectivity index is 2.86. The summed E-state index contributed by atoms with van der Waals surface area (Å²) in [6.45, 7) is 1.87. The first kappa shape index (κ1) is 13.3. The van der Waals surface area contributed by atoms with E-state index in [1.807, 2.05) is 25.1 Å². The first-order valence-corrected chi connectivity index (χ1v) is 6.77. The molecule has 0 fully saturated rings. The third-order valence-electron chi connectivity index (χ3n) is 1.78. The van der Waals surface area contributed by atoms with Gasteiger partial charge in [-0.3, -0.25) is 4.79 Å². The van der Waals surface area contributed by atoms with Crippen molar-refractivity contribution < 1.29 is 4.79 Å². The summed E-state index contributed by atoms with van der Waals surface area (Å²) < 4.78 is 1.82. The van der Waals surface area contributed by atoms with Gasteiger partial charge in [-0.1, -0.05) is 0 Å². The fourth-order valence-electron chi connectivity index (χ4n) is 1.01. The van der Waals surface area contributed by atoms with Crippen LogP contribution in [-0.4, -0.2) is 17.8 Å². The van der Waals surface area contributed by atoms with E-state index in [9.17, 15) is 4.79 Å². The highest BCUT2D eigenvalue weighted by Gasteiger charge is 2.12. The van der Waals surface area contributed by atoms with Crippen LogP contribution in [0.25, 0.3) is 0 Å². The Hall–Kier alpha value is 0.190. The monoisotopic (exact) mass is 401 g/mol. The van der Waals surface area contributed by atoms with Crippen LogP contribution in [0.15, 0.2) is 22.7 Å². The second kappa shape index (κ2) is 6.06. The van der Waals surface area contributed by atoms with Gasteiger partial charge in [0.05, 0.1) is 5.56 Å². The van der Waals surface area contributed by atoms with Crippen LogP contribution in [0.2, 0.25) is 0 Å². The number of hydrogen-bond acceptors (Lipinski definition) is 1. The molecule has 5 heteroatoms. The second-order valence-corrected chi connectivity index (χ2v) is 5.56. The normalized spacial score (nSPS) is 12.3. The maximum Gasteiger partial charge on any atom is 0.252 e. The van der Waals surface area contributed by atoms with E-state index in [0.717, 1.165) is 8.04 Å². The molecule has 0 aliphatic carbocycles. The van der Waals surface area contributed by atoms with Crippen molar-refractivity contribution in [1.29, 1.82) is 0 Å². The second-order valence-electron chi connectivity index (χ2n) is 3.15. The number of carbonyl (C=O) groups excluding carboxylic acids is 1. The lowest BCUT2D eigenvalue weighted by molar-refractivity contribution is 0.0942. The van der Waals surface area contributed by atoms with E-state index in [4.69, 9.17) is 11.6 Å². The van der Waals surface area contributed by atoms with Gasteiger partial charge in [0.2, 0.25) is 0 Å². The molecule has 0 saturated heterocycles. The zero-order chi connectivity index (χ0) is 11.4. The van der Waals surface area contributed by atoms with Gasteiger partial charge in [-0.05, 0) is 63.6 Å². The predicted molar refractivity (Wildman–Crippen MR) is 74.5 cm³/mol. The zero-order valence-electron chi connectivity index (χ0n) is 8.06. The van der Waals surface area contributed by atoms with Crippen molar-refractivity contribution in [2.45, 2.75) is 13.0 Å². The summed E-state index contributed by atoms with van der Waals surface area (Å²) in [5.74, 6) is 0.307. The number of amides is 1. The van der Waals surface area contributed by atoms with Gasteiger partial charge >= 0.3 is 0 Å². The Labute approximate surface area is 116 Å². The summed E-state index contributed by atoms with van der Waals surface area (Å²) in [5.41, 5.74) is 0.638. The van der Waals surface area contributed by atoms with E-state index >= 15 is 0 Å². The quantitative estimate of drug-likeness (QED) is 0.609. The van der Waals surface area contributed by atoms with E-state index in [-0.39, 0.29) is 11.9 Å². The van der Waals surface area contributed by atoms with Crippen LogP contribution in [0.1, 0.15) is 17.3 Å². The molecule has 1 unspecified atom stereocenters. The lowest BCUT2D eigenvalue weighted by atomic mass is 10.2. The summed E-state index contributed by atoms with van der Waals surface area (Å²) in [6, 6.07) is 5.61. The first-order chi connectivity index (χ1) is 7.04. The fraction of sp³-hybridized carbons (Fsp3) is 0.300. The smallest absolute Gasteiger partial charge is 0.252 e. The van der Waals surface area contributed by atoms with Gasteiger partial charge in [0, 0.05) is 20.0 Å². The Morgan fingerprint density at radius 3 is 2.93 bits per heavy atom. The van der Waals surface area contributed by atoms with Gasteiger partial charge in [-0.25, -0.2) is 0 Å². The number of alkyl halides is 1. The van der Waals surface area contributed by atoms with Gasteiger partial charge in [0.25, 0.3) is 5.91 Å².